The Balaban J connectivity index is 1.52. The van der Waals surface area contributed by atoms with Gasteiger partial charge in [0.25, 0.3) is 5.91 Å². The second-order valence-corrected chi connectivity index (χ2v) is 8.60. The summed E-state index contributed by atoms with van der Waals surface area (Å²) in [5.41, 5.74) is 0.440. The summed E-state index contributed by atoms with van der Waals surface area (Å²) in [6, 6.07) is 9.44. The highest BCUT2D eigenvalue weighted by molar-refractivity contribution is 5.78. The van der Waals surface area contributed by atoms with Crippen molar-refractivity contribution in [3.05, 3.63) is 52.6 Å². The van der Waals surface area contributed by atoms with Gasteiger partial charge in [-0.2, -0.15) is 0 Å². The molecule has 0 aliphatic carbocycles. The quantitative estimate of drug-likeness (QED) is 0.723. The standard InChI is InChI=1S/C23H31N3O5/c1-23(2,3)24-22(28)16-31-21-15-30-17(13-19(21)27)14-25-9-11-26(12-10-25)18-7-5-6-8-20(18)29-4/h5-8,13,15H,9-12,14,16H2,1-4H3,(H,24,28). The largest absolute Gasteiger partial charge is 0.495 e. The number of amides is 1. The molecule has 0 unspecified atom stereocenters. The van der Waals surface area contributed by atoms with Crippen molar-refractivity contribution in [2.75, 3.05) is 44.8 Å². The third kappa shape index (κ3) is 6.49. The highest BCUT2D eigenvalue weighted by Gasteiger charge is 2.21. The fourth-order valence-electron chi connectivity index (χ4n) is 3.48. The predicted octanol–water partition coefficient (Wildman–Crippen LogP) is 2.26. The van der Waals surface area contributed by atoms with Crippen molar-refractivity contribution >= 4 is 11.6 Å². The van der Waals surface area contributed by atoms with Crippen LogP contribution in [0.25, 0.3) is 0 Å². The molecule has 1 fully saturated rings. The van der Waals surface area contributed by atoms with Gasteiger partial charge in [-0.05, 0) is 32.9 Å². The van der Waals surface area contributed by atoms with Crippen molar-refractivity contribution in [3.8, 4) is 11.5 Å². The minimum atomic E-state index is -0.357. The van der Waals surface area contributed by atoms with Crippen LogP contribution in [0.15, 0.2) is 45.8 Å². The van der Waals surface area contributed by atoms with Crippen molar-refractivity contribution in [2.45, 2.75) is 32.9 Å². The molecule has 0 radical (unpaired) electrons. The zero-order valence-electron chi connectivity index (χ0n) is 18.6. The van der Waals surface area contributed by atoms with Crippen LogP contribution in [-0.4, -0.2) is 56.2 Å². The van der Waals surface area contributed by atoms with E-state index in [-0.39, 0.29) is 29.2 Å². The van der Waals surface area contributed by atoms with Gasteiger partial charge in [-0.25, -0.2) is 0 Å². The smallest absolute Gasteiger partial charge is 0.258 e. The van der Waals surface area contributed by atoms with Gasteiger partial charge in [-0.3, -0.25) is 14.5 Å². The van der Waals surface area contributed by atoms with Gasteiger partial charge in [0.2, 0.25) is 11.2 Å². The SMILES string of the molecule is COc1ccccc1N1CCN(Cc2cc(=O)c(OCC(=O)NC(C)(C)C)co2)CC1. The zero-order chi connectivity index (χ0) is 22.4. The molecule has 0 spiro atoms. The molecule has 1 aromatic carbocycles. The molecule has 3 rings (SSSR count). The number of rotatable bonds is 7. The fraction of sp³-hybridized carbons (Fsp3) is 0.478. The van der Waals surface area contributed by atoms with E-state index >= 15 is 0 Å². The Bertz CT molecular complexity index is 943. The number of methoxy groups -OCH3 is 1. The lowest BCUT2D eigenvalue weighted by Gasteiger charge is -2.36. The molecule has 1 aliphatic rings. The van der Waals surface area contributed by atoms with Crippen LogP contribution >= 0.6 is 0 Å². The Kier molecular flexibility index (Phi) is 7.22. The van der Waals surface area contributed by atoms with E-state index in [1.807, 2.05) is 39.0 Å². The molecule has 1 N–H and O–H groups in total. The first kappa shape index (κ1) is 22.7. The predicted molar refractivity (Wildman–Crippen MR) is 119 cm³/mol. The zero-order valence-corrected chi connectivity index (χ0v) is 18.6. The number of anilines is 1. The first-order valence-electron chi connectivity index (χ1n) is 10.4. The van der Waals surface area contributed by atoms with Gasteiger partial charge in [0, 0.05) is 37.8 Å². The molecule has 1 amide bonds. The Morgan fingerprint density at radius 1 is 1.13 bits per heavy atom. The van der Waals surface area contributed by atoms with Gasteiger partial charge in [0.15, 0.2) is 6.61 Å². The molecule has 31 heavy (non-hydrogen) atoms. The molecule has 2 aromatic rings. The summed E-state index contributed by atoms with van der Waals surface area (Å²) in [4.78, 5) is 28.7. The topological polar surface area (TPSA) is 84.2 Å². The van der Waals surface area contributed by atoms with E-state index in [1.54, 1.807) is 7.11 Å². The summed E-state index contributed by atoms with van der Waals surface area (Å²) in [7, 11) is 1.68. The van der Waals surface area contributed by atoms with Crippen LogP contribution in [0.5, 0.6) is 11.5 Å². The van der Waals surface area contributed by atoms with Gasteiger partial charge in [-0.1, -0.05) is 12.1 Å². The minimum Gasteiger partial charge on any atom is -0.495 e. The number of nitrogens with zero attached hydrogens (tertiary/aromatic N) is 2. The highest BCUT2D eigenvalue weighted by atomic mass is 16.5. The van der Waals surface area contributed by atoms with Crippen molar-refractivity contribution < 1.29 is 18.7 Å². The van der Waals surface area contributed by atoms with Gasteiger partial charge < -0.3 is 24.1 Å². The molecule has 2 heterocycles. The molecule has 8 heteroatoms. The Hall–Kier alpha value is -3.00. The molecule has 8 nitrogen and oxygen atoms in total. The maximum atomic E-state index is 12.3. The molecule has 168 valence electrons. The van der Waals surface area contributed by atoms with E-state index in [1.165, 1.54) is 12.3 Å². The lowest BCUT2D eigenvalue weighted by Crippen LogP contribution is -2.46. The van der Waals surface area contributed by atoms with E-state index in [9.17, 15) is 9.59 Å². The van der Waals surface area contributed by atoms with Crippen LogP contribution in [0, 0.1) is 0 Å². The first-order valence-corrected chi connectivity index (χ1v) is 10.4. The van der Waals surface area contributed by atoms with Gasteiger partial charge in [-0.15, -0.1) is 0 Å². The molecule has 0 bridgehead atoms. The minimum absolute atomic E-state index is 0.0359. The third-order valence-corrected chi connectivity index (χ3v) is 4.90. The van der Waals surface area contributed by atoms with Crippen LogP contribution in [0.1, 0.15) is 26.5 Å². The van der Waals surface area contributed by atoms with Gasteiger partial charge >= 0.3 is 0 Å². The molecule has 0 atom stereocenters. The number of nitrogens with one attached hydrogen (secondary N) is 1. The van der Waals surface area contributed by atoms with E-state index < -0.39 is 0 Å². The summed E-state index contributed by atoms with van der Waals surface area (Å²) in [6.45, 7) is 9.34. The summed E-state index contributed by atoms with van der Waals surface area (Å²) >= 11 is 0. The summed E-state index contributed by atoms with van der Waals surface area (Å²) in [5.74, 6) is 1.19. The lowest BCUT2D eigenvalue weighted by molar-refractivity contribution is -0.124. The van der Waals surface area contributed by atoms with Gasteiger partial charge in [0.05, 0.1) is 19.3 Å². The normalized spacial score (nSPS) is 14.9. The number of ether oxygens (including phenoxy) is 2. The Morgan fingerprint density at radius 2 is 1.84 bits per heavy atom. The van der Waals surface area contributed by atoms with Crippen molar-refractivity contribution in [3.63, 3.8) is 0 Å². The summed E-state index contributed by atoms with van der Waals surface area (Å²) in [5, 5.41) is 2.78. The van der Waals surface area contributed by atoms with Crippen LogP contribution in [0.4, 0.5) is 5.69 Å². The van der Waals surface area contributed by atoms with Crippen LogP contribution < -0.4 is 25.1 Å². The Labute approximate surface area is 182 Å². The average Bonchev–Trinajstić information content (AvgIpc) is 2.72. The second kappa shape index (κ2) is 9.87. The maximum absolute atomic E-state index is 12.3. The molecule has 1 aliphatic heterocycles. The number of piperazine rings is 1. The van der Waals surface area contributed by atoms with Crippen molar-refractivity contribution in [1.29, 1.82) is 0 Å². The number of carbonyl (C=O) groups is 1. The lowest BCUT2D eigenvalue weighted by atomic mass is 10.1. The van der Waals surface area contributed by atoms with Crippen LogP contribution in [-0.2, 0) is 11.3 Å². The first-order chi connectivity index (χ1) is 14.7. The second-order valence-electron chi connectivity index (χ2n) is 8.60. The molecule has 1 saturated heterocycles. The van der Waals surface area contributed by atoms with Crippen molar-refractivity contribution in [2.24, 2.45) is 0 Å². The van der Waals surface area contributed by atoms with E-state index in [2.05, 4.69) is 21.2 Å². The third-order valence-electron chi connectivity index (χ3n) is 4.90. The number of carbonyl (C=O) groups excluding carboxylic acids is 1. The fourth-order valence-corrected chi connectivity index (χ4v) is 3.48. The van der Waals surface area contributed by atoms with Crippen molar-refractivity contribution in [1.82, 2.24) is 10.2 Å². The monoisotopic (exact) mass is 429 g/mol. The molecule has 0 saturated carbocycles. The summed E-state index contributed by atoms with van der Waals surface area (Å²) < 4.78 is 16.4. The number of benzene rings is 1. The molecule has 1 aromatic heterocycles. The number of hydrogen-bond acceptors (Lipinski definition) is 7. The number of hydrogen-bond donors (Lipinski definition) is 1. The van der Waals surface area contributed by atoms with Crippen LogP contribution in [0.3, 0.4) is 0 Å². The van der Waals surface area contributed by atoms with Crippen LogP contribution in [0.2, 0.25) is 0 Å². The van der Waals surface area contributed by atoms with E-state index in [0.29, 0.717) is 12.3 Å². The van der Waals surface area contributed by atoms with Gasteiger partial charge in [0.1, 0.15) is 17.8 Å². The summed E-state index contributed by atoms with van der Waals surface area (Å²) in [6.07, 6.45) is 1.28. The average molecular weight is 430 g/mol. The number of para-hydroxylation sites is 2. The Morgan fingerprint density at radius 3 is 2.48 bits per heavy atom. The molecular weight excluding hydrogens is 398 g/mol. The van der Waals surface area contributed by atoms with E-state index in [4.69, 9.17) is 13.9 Å². The highest BCUT2D eigenvalue weighted by Crippen LogP contribution is 2.28. The maximum Gasteiger partial charge on any atom is 0.258 e. The molecular formula is C23H31N3O5. The van der Waals surface area contributed by atoms with E-state index in [0.717, 1.165) is 37.6 Å².